The maximum absolute atomic E-state index is 12.4. The molecule has 1 rings (SSSR count). The minimum Gasteiger partial charge on any atom is -0.494 e. The Morgan fingerprint density at radius 2 is 2.27 bits per heavy atom. The summed E-state index contributed by atoms with van der Waals surface area (Å²) in [5.74, 6) is 0.0869. The van der Waals surface area contributed by atoms with E-state index in [2.05, 4.69) is 4.98 Å². The van der Waals surface area contributed by atoms with E-state index in [0.29, 0.717) is 0 Å². The second kappa shape index (κ2) is 5.02. The number of carbonyl (C=O) groups excluding carboxylic acids is 1. The van der Waals surface area contributed by atoms with Gasteiger partial charge in [-0.1, -0.05) is 0 Å². The van der Waals surface area contributed by atoms with Crippen LogP contribution in [-0.4, -0.2) is 17.3 Å². The first-order valence-corrected chi connectivity index (χ1v) is 5.15. The number of ether oxygens (including phenoxy) is 1. The Hall–Kier alpha value is -0.500. The molecule has 7 heteroatoms. The number of halogens is 4. The van der Waals surface area contributed by atoms with E-state index >= 15 is 0 Å². The maximum Gasteiger partial charge on any atom is 0.281 e. The van der Waals surface area contributed by atoms with Crippen molar-refractivity contribution in [1.29, 1.82) is 0 Å². The van der Waals surface area contributed by atoms with Crippen molar-refractivity contribution in [2.24, 2.45) is 0 Å². The minimum atomic E-state index is -2.75. The average molecular weight is 347 g/mol. The molecule has 0 aliphatic heterocycles. The molecular formula is C8H5ClF2INO2. The number of rotatable bonds is 3. The molecule has 0 saturated heterocycles. The third-order valence-corrected chi connectivity index (χ3v) is 2.62. The highest BCUT2D eigenvalue weighted by Crippen LogP contribution is 2.28. The van der Waals surface area contributed by atoms with E-state index in [4.69, 9.17) is 16.3 Å². The van der Waals surface area contributed by atoms with Crippen LogP contribution in [0.5, 0.6) is 5.75 Å². The molecule has 0 atom stereocenters. The average Bonchev–Trinajstić information content (AvgIpc) is 2.16. The van der Waals surface area contributed by atoms with Crippen molar-refractivity contribution in [3.05, 3.63) is 21.0 Å². The lowest BCUT2D eigenvalue weighted by atomic mass is 10.3. The molecule has 0 unspecified atom stereocenters. The molecule has 0 amide bonds. The number of aromatic nitrogens is 1. The molecule has 0 spiro atoms. The zero-order chi connectivity index (χ0) is 11.6. The van der Waals surface area contributed by atoms with Gasteiger partial charge in [0, 0.05) is 3.57 Å². The van der Waals surface area contributed by atoms with Crippen molar-refractivity contribution in [2.75, 3.05) is 7.11 Å². The van der Waals surface area contributed by atoms with Gasteiger partial charge in [0.2, 0.25) is 0 Å². The fraction of sp³-hybridized carbons (Fsp3) is 0.250. The number of hydrogen-bond donors (Lipinski definition) is 0. The first-order valence-electron chi connectivity index (χ1n) is 3.69. The summed E-state index contributed by atoms with van der Waals surface area (Å²) in [6.07, 6.45) is -2.75. The van der Waals surface area contributed by atoms with Crippen LogP contribution in [0.1, 0.15) is 22.6 Å². The molecule has 1 heterocycles. The predicted molar refractivity (Wildman–Crippen MR) is 58.6 cm³/mol. The van der Waals surface area contributed by atoms with E-state index in [1.165, 1.54) is 13.2 Å². The highest BCUT2D eigenvalue weighted by atomic mass is 127. The van der Waals surface area contributed by atoms with Crippen LogP contribution in [0.15, 0.2) is 6.07 Å². The summed E-state index contributed by atoms with van der Waals surface area (Å²) >= 11 is 6.88. The van der Waals surface area contributed by atoms with Crippen LogP contribution >= 0.6 is 34.2 Å². The fourth-order valence-corrected chi connectivity index (χ4v) is 1.71. The van der Waals surface area contributed by atoms with Crippen LogP contribution in [0, 0.1) is 3.57 Å². The second-order valence-corrected chi connectivity index (χ2v) is 3.99. The molecule has 1 aromatic heterocycles. The van der Waals surface area contributed by atoms with E-state index in [0.717, 1.165) is 0 Å². The van der Waals surface area contributed by atoms with Crippen LogP contribution in [0.3, 0.4) is 0 Å². The van der Waals surface area contributed by atoms with E-state index in [1.54, 1.807) is 22.6 Å². The van der Waals surface area contributed by atoms with E-state index < -0.39 is 17.4 Å². The Kier molecular flexibility index (Phi) is 4.21. The lowest BCUT2D eigenvalue weighted by Crippen LogP contribution is -2.05. The summed E-state index contributed by atoms with van der Waals surface area (Å²) in [6, 6.07) is 1.30. The fourth-order valence-electron chi connectivity index (χ4n) is 0.936. The van der Waals surface area contributed by atoms with Crippen molar-refractivity contribution < 1.29 is 18.3 Å². The molecular weight excluding hydrogens is 342 g/mol. The summed E-state index contributed by atoms with van der Waals surface area (Å²) in [6.45, 7) is 0. The summed E-state index contributed by atoms with van der Waals surface area (Å²) in [5.41, 5.74) is -0.768. The normalized spacial score (nSPS) is 10.5. The Bertz CT molecular complexity index is 400. The molecule has 0 N–H and O–H groups in total. The van der Waals surface area contributed by atoms with Gasteiger partial charge in [0.25, 0.3) is 11.7 Å². The molecule has 0 aliphatic carbocycles. The third-order valence-electron chi connectivity index (χ3n) is 1.58. The summed E-state index contributed by atoms with van der Waals surface area (Å²) < 4.78 is 29.9. The smallest absolute Gasteiger partial charge is 0.281 e. The number of nitrogens with zero attached hydrogens (tertiary/aromatic N) is 1. The summed E-state index contributed by atoms with van der Waals surface area (Å²) in [5, 5.41) is -0.926. The van der Waals surface area contributed by atoms with Gasteiger partial charge >= 0.3 is 0 Å². The van der Waals surface area contributed by atoms with Crippen LogP contribution in [0.25, 0.3) is 0 Å². The lowest BCUT2D eigenvalue weighted by molar-refractivity contribution is 0.107. The highest BCUT2D eigenvalue weighted by molar-refractivity contribution is 14.1. The Morgan fingerprint density at radius 3 is 2.67 bits per heavy atom. The topological polar surface area (TPSA) is 39.2 Å². The zero-order valence-electron chi connectivity index (χ0n) is 7.43. The van der Waals surface area contributed by atoms with Gasteiger partial charge in [0.1, 0.15) is 5.69 Å². The molecule has 0 fully saturated rings. The van der Waals surface area contributed by atoms with Crippen molar-refractivity contribution >= 4 is 39.4 Å². The summed E-state index contributed by atoms with van der Waals surface area (Å²) in [7, 11) is 1.30. The first kappa shape index (κ1) is 12.6. The Morgan fingerprint density at radius 1 is 1.67 bits per heavy atom. The van der Waals surface area contributed by atoms with Crippen LogP contribution in [0.2, 0.25) is 0 Å². The molecule has 0 aromatic carbocycles. The van der Waals surface area contributed by atoms with Crippen LogP contribution in [0.4, 0.5) is 8.78 Å². The highest BCUT2D eigenvalue weighted by Gasteiger charge is 2.20. The summed E-state index contributed by atoms with van der Waals surface area (Å²) in [4.78, 5) is 14.4. The number of alkyl halides is 2. The van der Waals surface area contributed by atoms with E-state index in [9.17, 15) is 13.6 Å². The third kappa shape index (κ3) is 2.75. The SMILES string of the molecule is COc1cc(I)c(C(F)F)nc1C(=O)Cl. The van der Waals surface area contributed by atoms with Gasteiger partial charge in [-0.15, -0.1) is 0 Å². The van der Waals surface area contributed by atoms with Crippen molar-refractivity contribution in [3.63, 3.8) is 0 Å². The van der Waals surface area contributed by atoms with Gasteiger partial charge < -0.3 is 4.74 Å². The predicted octanol–water partition coefficient (Wildman–Crippen LogP) is 3.01. The molecule has 0 bridgehead atoms. The lowest BCUT2D eigenvalue weighted by Gasteiger charge is -2.08. The minimum absolute atomic E-state index is 0.0869. The van der Waals surface area contributed by atoms with Gasteiger partial charge in [-0.25, -0.2) is 13.8 Å². The molecule has 0 aliphatic rings. The standard InChI is InChI=1S/C8H5ClF2INO2/c1-15-4-2-3(12)5(8(10)11)13-6(4)7(9)14/h2,8H,1H3. The molecule has 3 nitrogen and oxygen atoms in total. The van der Waals surface area contributed by atoms with Crippen LogP contribution in [-0.2, 0) is 0 Å². The molecule has 0 saturated carbocycles. The maximum atomic E-state index is 12.4. The second-order valence-electron chi connectivity index (χ2n) is 2.48. The van der Waals surface area contributed by atoms with Crippen molar-refractivity contribution in [2.45, 2.75) is 6.43 Å². The van der Waals surface area contributed by atoms with E-state index in [1.807, 2.05) is 0 Å². The number of pyridine rings is 1. The quantitative estimate of drug-likeness (QED) is 0.623. The largest absolute Gasteiger partial charge is 0.494 e. The Labute approximate surface area is 103 Å². The molecule has 15 heavy (non-hydrogen) atoms. The van der Waals surface area contributed by atoms with Crippen molar-refractivity contribution in [1.82, 2.24) is 4.98 Å². The number of methoxy groups -OCH3 is 1. The van der Waals surface area contributed by atoms with Crippen LogP contribution < -0.4 is 4.74 Å². The van der Waals surface area contributed by atoms with Gasteiger partial charge in [-0.05, 0) is 40.3 Å². The molecule has 82 valence electrons. The zero-order valence-corrected chi connectivity index (χ0v) is 10.3. The van der Waals surface area contributed by atoms with Gasteiger partial charge in [-0.2, -0.15) is 0 Å². The van der Waals surface area contributed by atoms with E-state index in [-0.39, 0.29) is 15.0 Å². The monoisotopic (exact) mass is 347 g/mol. The molecule has 1 aromatic rings. The number of carbonyl (C=O) groups is 1. The number of hydrogen-bond acceptors (Lipinski definition) is 3. The van der Waals surface area contributed by atoms with Gasteiger partial charge in [-0.3, -0.25) is 4.79 Å². The first-order chi connectivity index (χ1) is 6.97. The van der Waals surface area contributed by atoms with Gasteiger partial charge in [0.05, 0.1) is 7.11 Å². The van der Waals surface area contributed by atoms with Crippen molar-refractivity contribution in [3.8, 4) is 5.75 Å². The Balaban J connectivity index is 3.37. The molecule has 0 radical (unpaired) electrons. The van der Waals surface area contributed by atoms with Gasteiger partial charge in [0.15, 0.2) is 11.4 Å².